The van der Waals surface area contributed by atoms with E-state index in [0.717, 1.165) is 35.9 Å². The van der Waals surface area contributed by atoms with E-state index in [1.165, 1.54) is 5.56 Å². The molecule has 0 bridgehead atoms. The Morgan fingerprint density at radius 2 is 1.90 bits per heavy atom. The fourth-order valence-corrected chi connectivity index (χ4v) is 5.04. The average molecular weight is 430 g/mol. The molecule has 152 valence electrons. The molecular formula is C21H23N3O3S2. The second-order valence-electron chi connectivity index (χ2n) is 6.78. The van der Waals surface area contributed by atoms with Crippen molar-refractivity contribution in [1.29, 1.82) is 0 Å². The van der Waals surface area contributed by atoms with Crippen LogP contribution in [0.2, 0.25) is 0 Å². The van der Waals surface area contributed by atoms with Crippen LogP contribution in [0.25, 0.3) is 5.70 Å². The minimum atomic E-state index is -3.49. The number of rotatable bonds is 8. The Morgan fingerprint density at radius 3 is 2.62 bits per heavy atom. The fraction of sp³-hybridized carbons (Fsp3) is 0.286. The van der Waals surface area contributed by atoms with E-state index in [4.69, 9.17) is 4.74 Å². The van der Waals surface area contributed by atoms with Crippen molar-refractivity contribution in [2.75, 3.05) is 30.2 Å². The Morgan fingerprint density at radius 1 is 1.14 bits per heavy atom. The summed E-state index contributed by atoms with van der Waals surface area (Å²) in [7, 11) is -3.49. The lowest BCUT2D eigenvalue weighted by atomic mass is 10.1. The zero-order valence-electron chi connectivity index (χ0n) is 16.2. The lowest BCUT2D eigenvalue weighted by molar-refractivity contribution is 0.341. The van der Waals surface area contributed by atoms with Crippen molar-refractivity contribution in [3.63, 3.8) is 0 Å². The zero-order chi connectivity index (χ0) is 20.3. The summed E-state index contributed by atoms with van der Waals surface area (Å²) in [4.78, 5) is 6.64. The van der Waals surface area contributed by atoms with E-state index in [2.05, 4.69) is 26.9 Å². The SMILES string of the molecule is CCc1ccc(OCCS(=O)(=O)Nc2ccc(C3=CSC4=NCCN34)cc2)cc1. The van der Waals surface area contributed by atoms with Crippen LogP contribution in [0.1, 0.15) is 18.1 Å². The molecule has 0 aromatic heterocycles. The number of ether oxygens (including phenoxy) is 1. The quantitative estimate of drug-likeness (QED) is 0.691. The summed E-state index contributed by atoms with van der Waals surface area (Å²) in [5.74, 6) is 0.564. The van der Waals surface area contributed by atoms with Crippen molar-refractivity contribution in [3.05, 3.63) is 65.1 Å². The average Bonchev–Trinajstić information content (AvgIpc) is 3.33. The maximum atomic E-state index is 12.4. The topological polar surface area (TPSA) is 71.0 Å². The first-order chi connectivity index (χ1) is 14.0. The smallest absolute Gasteiger partial charge is 0.236 e. The van der Waals surface area contributed by atoms with Crippen LogP contribution in [0.15, 0.2) is 58.9 Å². The molecule has 29 heavy (non-hydrogen) atoms. The third-order valence-electron chi connectivity index (χ3n) is 4.77. The number of thioether (sulfide) groups is 1. The van der Waals surface area contributed by atoms with Gasteiger partial charge in [0.25, 0.3) is 0 Å². The Labute approximate surface area is 175 Å². The monoisotopic (exact) mass is 429 g/mol. The first-order valence-electron chi connectivity index (χ1n) is 9.55. The normalized spacial score (nSPS) is 15.7. The van der Waals surface area contributed by atoms with Gasteiger partial charge in [0.05, 0.1) is 12.2 Å². The summed E-state index contributed by atoms with van der Waals surface area (Å²) < 4.78 is 32.9. The van der Waals surface area contributed by atoms with Gasteiger partial charge in [-0.2, -0.15) is 0 Å². The third-order valence-corrected chi connectivity index (χ3v) is 6.93. The highest BCUT2D eigenvalue weighted by Gasteiger charge is 2.26. The predicted molar refractivity (Wildman–Crippen MR) is 120 cm³/mol. The molecule has 2 heterocycles. The van der Waals surface area contributed by atoms with Crippen LogP contribution in [0, 0.1) is 0 Å². The number of aliphatic imine (C=N–C) groups is 1. The highest BCUT2D eigenvalue weighted by Crippen LogP contribution is 2.35. The minimum absolute atomic E-state index is 0.0973. The fourth-order valence-electron chi connectivity index (χ4n) is 3.18. The molecule has 2 aromatic carbocycles. The highest BCUT2D eigenvalue weighted by molar-refractivity contribution is 8.16. The molecule has 6 nitrogen and oxygen atoms in total. The number of nitrogens with zero attached hydrogens (tertiary/aromatic N) is 2. The molecule has 0 fully saturated rings. The molecule has 4 rings (SSSR count). The second kappa shape index (κ2) is 8.51. The number of hydrogen-bond acceptors (Lipinski definition) is 6. The van der Waals surface area contributed by atoms with E-state index in [1.807, 2.05) is 36.4 Å². The van der Waals surface area contributed by atoms with Gasteiger partial charge in [-0.25, -0.2) is 8.42 Å². The maximum absolute atomic E-state index is 12.4. The predicted octanol–water partition coefficient (Wildman–Crippen LogP) is 3.79. The highest BCUT2D eigenvalue weighted by atomic mass is 32.2. The number of fused-ring (bicyclic) bond motifs is 1. The molecule has 1 N–H and O–H groups in total. The van der Waals surface area contributed by atoms with E-state index in [0.29, 0.717) is 11.4 Å². The number of benzene rings is 2. The van der Waals surface area contributed by atoms with Crippen LogP contribution >= 0.6 is 11.8 Å². The molecule has 0 amide bonds. The molecule has 0 unspecified atom stereocenters. The third kappa shape index (κ3) is 4.76. The van der Waals surface area contributed by atoms with Crippen molar-refractivity contribution in [1.82, 2.24) is 4.90 Å². The number of nitrogens with one attached hydrogen (secondary N) is 1. The summed E-state index contributed by atoms with van der Waals surface area (Å²) in [5, 5.41) is 3.12. The number of amidine groups is 1. The van der Waals surface area contributed by atoms with Crippen LogP contribution < -0.4 is 9.46 Å². The minimum Gasteiger partial charge on any atom is -0.492 e. The van der Waals surface area contributed by atoms with E-state index in [-0.39, 0.29) is 12.4 Å². The molecule has 0 radical (unpaired) electrons. The van der Waals surface area contributed by atoms with Crippen LogP contribution in [-0.4, -0.2) is 43.9 Å². The van der Waals surface area contributed by atoms with Gasteiger partial charge >= 0.3 is 0 Å². The van der Waals surface area contributed by atoms with Gasteiger partial charge < -0.3 is 9.64 Å². The molecule has 0 saturated carbocycles. The lowest BCUT2D eigenvalue weighted by Crippen LogP contribution is -2.21. The second-order valence-corrected chi connectivity index (χ2v) is 9.46. The first-order valence-corrected chi connectivity index (χ1v) is 12.1. The van der Waals surface area contributed by atoms with E-state index >= 15 is 0 Å². The van der Waals surface area contributed by atoms with Gasteiger partial charge in [-0.05, 0) is 41.8 Å². The van der Waals surface area contributed by atoms with Gasteiger partial charge in [0.1, 0.15) is 18.1 Å². The Kier molecular flexibility index (Phi) is 5.82. The van der Waals surface area contributed by atoms with E-state index in [1.54, 1.807) is 23.9 Å². The van der Waals surface area contributed by atoms with Gasteiger partial charge in [0.15, 0.2) is 5.17 Å². The van der Waals surface area contributed by atoms with E-state index in [9.17, 15) is 8.42 Å². The molecule has 0 saturated heterocycles. The molecule has 0 atom stereocenters. The van der Waals surface area contributed by atoms with Crippen molar-refractivity contribution in [2.45, 2.75) is 13.3 Å². The summed E-state index contributed by atoms with van der Waals surface area (Å²) in [5.41, 5.74) is 3.92. The largest absolute Gasteiger partial charge is 0.492 e. The molecule has 2 aliphatic heterocycles. The van der Waals surface area contributed by atoms with Gasteiger partial charge in [0, 0.05) is 17.6 Å². The van der Waals surface area contributed by atoms with Crippen molar-refractivity contribution in [3.8, 4) is 5.75 Å². The summed E-state index contributed by atoms with van der Waals surface area (Å²) in [6.45, 7) is 3.90. The van der Waals surface area contributed by atoms with Crippen molar-refractivity contribution in [2.24, 2.45) is 4.99 Å². The maximum Gasteiger partial charge on any atom is 0.236 e. The summed E-state index contributed by atoms with van der Waals surface area (Å²) in [6, 6.07) is 15.1. The molecule has 8 heteroatoms. The van der Waals surface area contributed by atoms with Gasteiger partial charge in [0.2, 0.25) is 10.0 Å². The van der Waals surface area contributed by atoms with Crippen LogP contribution in [-0.2, 0) is 16.4 Å². The lowest BCUT2D eigenvalue weighted by Gasteiger charge is -2.17. The van der Waals surface area contributed by atoms with Crippen LogP contribution in [0.3, 0.4) is 0 Å². The number of aryl methyl sites for hydroxylation is 1. The Balaban J connectivity index is 1.31. The Bertz CT molecular complexity index is 1030. The summed E-state index contributed by atoms with van der Waals surface area (Å²) in [6.07, 6.45) is 0.959. The standard InChI is InChI=1S/C21H23N3O3S2/c1-2-16-3-9-19(10-4-16)27-13-14-29(25,26)23-18-7-5-17(6-8-18)20-15-28-21-22-11-12-24(20)21/h3-10,15,23H,2,11-14H2,1H3. The van der Waals surface area contributed by atoms with Crippen molar-refractivity contribution < 1.29 is 13.2 Å². The Hall–Kier alpha value is -2.45. The van der Waals surface area contributed by atoms with Gasteiger partial charge in [-0.3, -0.25) is 9.71 Å². The molecule has 0 spiro atoms. The number of sulfonamides is 1. The zero-order valence-corrected chi connectivity index (χ0v) is 17.8. The number of hydrogen-bond donors (Lipinski definition) is 1. The molecule has 2 aromatic rings. The first kappa shape index (κ1) is 19.8. The molecule has 0 aliphatic carbocycles. The molecular weight excluding hydrogens is 406 g/mol. The summed E-state index contributed by atoms with van der Waals surface area (Å²) >= 11 is 1.63. The van der Waals surface area contributed by atoms with E-state index < -0.39 is 10.0 Å². The van der Waals surface area contributed by atoms with Gasteiger partial charge in [-0.1, -0.05) is 43.0 Å². The number of anilines is 1. The van der Waals surface area contributed by atoms with Crippen LogP contribution in [0.4, 0.5) is 5.69 Å². The van der Waals surface area contributed by atoms with Crippen LogP contribution in [0.5, 0.6) is 5.75 Å². The molecule has 2 aliphatic rings. The van der Waals surface area contributed by atoms with Gasteiger partial charge in [-0.15, -0.1) is 0 Å². The van der Waals surface area contributed by atoms with Crippen molar-refractivity contribution >= 4 is 38.3 Å².